The zero-order valence-corrected chi connectivity index (χ0v) is 26.6. The summed E-state index contributed by atoms with van der Waals surface area (Å²) < 4.78 is 6.21. The van der Waals surface area contributed by atoms with Crippen LogP contribution in [0.15, 0.2) is 29.8 Å². The Hall–Kier alpha value is -3.30. The van der Waals surface area contributed by atoms with E-state index in [0.29, 0.717) is 29.9 Å². The van der Waals surface area contributed by atoms with Crippen molar-refractivity contribution in [3.8, 4) is 11.1 Å². The van der Waals surface area contributed by atoms with E-state index < -0.39 is 17.7 Å². The van der Waals surface area contributed by atoms with Crippen LogP contribution in [0.1, 0.15) is 91.4 Å². The number of hydrogen-bond acceptors (Lipinski definition) is 7. The maximum Gasteiger partial charge on any atom is 0.337 e. The molecule has 1 amide bonds. The fourth-order valence-corrected chi connectivity index (χ4v) is 6.72. The lowest BCUT2D eigenvalue weighted by Gasteiger charge is -2.41. The van der Waals surface area contributed by atoms with Crippen molar-refractivity contribution in [2.75, 3.05) is 24.5 Å². The summed E-state index contributed by atoms with van der Waals surface area (Å²) in [4.78, 5) is 39.6. The molecule has 0 aliphatic carbocycles. The van der Waals surface area contributed by atoms with Crippen molar-refractivity contribution in [2.45, 2.75) is 86.0 Å². The number of thiazole rings is 1. The van der Waals surface area contributed by atoms with Crippen LogP contribution in [0.3, 0.4) is 0 Å². The van der Waals surface area contributed by atoms with E-state index in [0.717, 1.165) is 65.4 Å². The van der Waals surface area contributed by atoms with Gasteiger partial charge in [-0.1, -0.05) is 26.0 Å². The fourth-order valence-electron chi connectivity index (χ4n) is 6.09. The van der Waals surface area contributed by atoms with Crippen molar-refractivity contribution in [1.29, 1.82) is 0 Å². The van der Waals surface area contributed by atoms with Crippen LogP contribution in [0.4, 0.5) is 5.69 Å². The number of fused-ring (bicyclic) bond motifs is 1. The van der Waals surface area contributed by atoms with E-state index in [9.17, 15) is 14.7 Å². The van der Waals surface area contributed by atoms with Gasteiger partial charge in [-0.15, -0.1) is 11.3 Å². The molecular weight excluding hydrogens is 548 g/mol. The van der Waals surface area contributed by atoms with Crippen molar-refractivity contribution in [2.24, 2.45) is 5.41 Å². The number of aliphatic carboxylic acids is 1. The molecule has 2 aliphatic rings. The van der Waals surface area contributed by atoms with Crippen LogP contribution in [0.2, 0.25) is 0 Å². The monoisotopic (exact) mass is 590 g/mol. The molecule has 42 heavy (non-hydrogen) atoms. The maximum absolute atomic E-state index is 13.4. The first-order chi connectivity index (χ1) is 19.7. The van der Waals surface area contributed by atoms with Crippen molar-refractivity contribution in [3.05, 3.63) is 62.9 Å². The molecule has 5 rings (SSSR count). The minimum atomic E-state index is -1.17. The van der Waals surface area contributed by atoms with E-state index in [1.54, 1.807) is 17.5 Å². The summed E-state index contributed by atoms with van der Waals surface area (Å²) in [5.74, 6) is -1.01. The summed E-state index contributed by atoms with van der Waals surface area (Å²) in [6.45, 7) is 16.8. The molecule has 1 unspecified atom stereocenters. The summed E-state index contributed by atoms with van der Waals surface area (Å²) in [7, 11) is 0. The molecular formula is C33H42N4O4S. The van der Waals surface area contributed by atoms with Gasteiger partial charge in [0, 0.05) is 59.3 Å². The van der Waals surface area contributed by atoms with Crippen LogP contribution in [0, 0.1) is 19.3 Å². The molecule has 0 saturated carbocycles. The molecule has 3 aromatic rings. The normalized spacial score (nSPS) is 17.7. The van der Waals surface area contributed by atoms with E-state index in [1.165, 1.54) is 0 Å². The first-order valence-electron chi connectivity index (χ1n) is 14.7. The smallest absolute Gasteiger partial charge is 0.337 e. The number of aryl methyl sites for hydroxylation is 2. The van der Waals surface area contributed by atoms with Crippen LogP contribution >= 0.6 is 11.3 Å². The quantitative estimate of drug-likeness (QED) is 0.332. The second-order valence-corrected chi connectivity index (χ2v) is 14.3. The number of carbonyl (C=O) groups is 2. The van der Waals surface area contributed by atoms with Crippen LogP contribution in [0.25, 0.3) is 11.1 Å². The Balaban J connectivity index is 1.62. The van der Waals surface area contributed by atoms with Gasteiger partial charge in [0.05, 0.1) is 17.8 Å². The number of piperidine rings is 1. The molecule has 0 bridgehead atoms. The number of benzene rings is 1. The third kappa shape index (κ3) is 6.22. The standard InChI is InChI=1S/C33H42N4O4S/c1-20-26(23-8-9-24-22(18-23)10-14-37(30(24)38)19-25-34-13-17-42-25)28(36-15-11-33(6,7)12-16-36)27(21(2)35-20)29(31(39)40)41-32(3,4)5/h8-9,13,17-18,29H,10-12,14-16,19H2,1-7H3,(H,39,40). The number of carboxylic acid groups (broad SMARTS) is 1. The van der Waals surface area contributed by atoms with Gasteiger partial charge in [0.25, 0.3) is 5.91 Å². The van der Waals surface area contributed by atoms with Crippen LogP contribution < -0.4 is 4.90 Å². The molecule has 4 heterocycles. The Morgan fingerprint density at radius 3 is 2.48 bits per heavy atom. The Bertz CT molecular complexity index is 1480. The molecule has 9 heteroatoms. The van der Waals surface area contributed by atoms with Gasteiger partial charge in [0.2, 0.25) is 0 Å². The molecule has 0 spiro atoms. The minimum absolute atomic E-state index is 0.0143. The lowest BCUT2D eigenvalue weighted by molar-refractivity contribution is -0.160. The molecule has 2 aromatic heterocycles. The number of rotatable bonds is 7. The van der Waals surface area contributed by atoms with Gasteiger partial charge in [-0.3, -0.25) is 9.78 Å². The Morgan fingerprint density at radius 2 is 1.86 bits per heavy atom. The Labute approximate surface area is 252 Å². The summed E-state index contributed by atoms with van der Waals surface area (Å²) in [6.07, 6.45) is 3.34. The first-order valence-corrected chi connectivity index (χ1v) is 15.6. The number of amides is 1. The minimum Gasteiger partial charge on any atom is -0.479 e. The van der Waals surface area contributed by atoms with Crippen molar-refractivity contribution < 1.29 is 19.4 Å². The predicted molar refractivity (Wildman–Crippen MR) is 166 cm³/mol. The summed E-state index contributed by atoms with van der Waals surface area (Å²) in [5.41, 5.74) is 6.13. The highest BCUT2D eigenvalue weighted by Gasteiger charge is 2.37. The molecule has 1 saturated heterocycles. The molecule has 1 N–H and O–H groups in total. The molecule has 1 atom stereocenters. The number of anilines is 1. The molecule has 1 fully saturated rings. The number of aromatic nitrogens is 2. The number of carbonyl (C=O) groups excluding carboxylic acids is 1. The van der Waals surface area contributed by atoms with Gasteiger partial charge < -0.3 is 19.6 Å². The van der Waals surface area contributed by atoms with Crippen molar-refractivity contribution >= 4 is 28.9 Å². The number of ether oxygens (including phenoxy) is 1. The highest BCUT2D eigenvalue weighted by atomic mass is 32.1. The SMILES string of the molecule is Cc1nc(C)c(C(OC(C)(C)C)C(=O)O)c(N2CCC(C)(C)CC2)c1-c1ccc2c(c1)CCN(Cc1nccs1)C2=O. The number of hydrogen-bond donors (Lipinski definition) is 1. The molecule has 1 aromatic carbocycles. The third-order valence-electron chi connectivity index (χ3n) is 8.34. The van der Waals surface area contributed by atoms with Gasteiger partial charge in [-0.2, -0.15) is 0 Å². The molecule has 2 aliphatic heterocycles. The Kier molecular flexibility index (Phi) is 8.20. The highest BCUT2D eigenvalue weighted by Crippen LogP contribution is 2.45. The van der Waals surface area contributed by atoms with E-state index in [1.807, 2.05) is 57.0 Å². The van der Waals surface area contributed by atoms with Gasteiger partial charge in [-0.05, 0) is 76.5 Å². The van der Waals surface area contributed by atoms with Crippen LogP contribution in [0.5, 0.6) is 0 Å². The second kappa shape index (κ2) is 11.4. The average molecular weight is 591 g/mol. The van der Waals surface area contributed by atoms with E-state index in [4.69, 9.17) is 9.72 Å². The predicted octanol–water partition coefficient (Wildman–Crippen LogP) is 6.59. The number of nitrogens with zero attached hydrogens (tertiary/aromatic N) is 4. The van der Waals surface area contributed by atoms with Crippen molar-refractivity contribution in [1.82, 2.24) is 14.9 Å². The van der Waals surface area contributed by atoms with Crippen LogP contribution in [-0.2, 0) is 22.5 Å². The largest absolute Gasteiger partial charge is 0.479 e. The summed E-state index contributed by atoms with van der Waals surface area (Å²) >= 11 is 1.56. The second-order valence-electron chi connectivity index (χ2n) is 13.3. The topological polar surface area (TPSA) is 95.9 Å². The molecule has 224 valence electrons. The zero-order chi connectivity index (χ0) is 30.4. The zero-order valence-electron chi connectivity index (χ0n) is 25.8. The fraction of sp³-hybridized carbons (Fsp3) is 0.515. The third-order valence-corrected chi connectivity index (χ3v) is 9.11. The maximum atomic E-state index is 13.4. The number of carboxylic acids is 1. The van der Waals surface area contributed by atoms with Crippen molar-refractivity contribution in [3.63, 3.8) is 0 Å². The average Bonchev–Trinajstić information content (AvgIpc) is 3.41. The van der Waals surface area contributed by atoms with Gasteiger partial charge in [0.15, 0.2) is 6.10 Å². The van der Waals surface area contributed by atoms with Gasteiger partial charge >= 0.3 is 5.97 Å². The summed E-state index contributed by atoms with van der Waals surface area (Å²) in [5, 5.41) is 13.3. The molecule has 0 radical (unpaired) electrons. The highest BCUT2D eigenvalue weighted by molar-refractivity contribution is 7.09. The summed E-state index contributed by atoms with van der Waals surface area (Å²) in [6, 6.07) is 6.02. The lowest BCUT2D eigenvalue weighted by Crippen LogP contribution is -2.39. The van der Waals surface area contributed by atoms with Crippen LogP contribution in [-0.4, -0.2) is 57.1 Å². The first kappa shape index (κ1) is 30.2. The van der Waals surface area contributed by atoms with E-state index >= 15 is 0 Å². The number of pyridine rings is 1. The van der Waals surface area contributed by atoms with Gasteiger partial charge in [-0.25, -0.2) is 9.78 Å². The Morgan fingerprint density at radius 1 is 1.14 bits per heavy atom. The molecule has 8 nitrogen and oxygen atoms in total. The lowest BCUT2D eigenvalue weighted by atomic mass is 9.81. The van der Waals surface area contributed by atoms with E-state index in [-0.39, 0.29) is 11.3 Å². The van der Waals surface area contributed by atoms with Gasteiger partial charge in [0.1, 0.15) is 5.01 Å². The van der Waals surface area contributed by atoms with E-state index in [2.05, 4.69) is 29.8 Å².